The second-order valence-electron chi connectivity index (χ2n) is 5.50. The van der Waals surface area contributed by atoms with Crippen LogP contribution in [-0.2, 0) is 4.79 Å². The molecule has 1 rings (SSSR count). The van der Waals surface area contributed by atoms with Crippen LogP contribution in [0.1, 0.15) is 26.7 Å². The molecule has 0 radical (unpaired) electrons. The summed E-state index contributed by atoms with van der Waals surface area (Å²) < 4.78 is 0. The molecule has 0 spiro atoms. The van der Waals surface area contributed by atoms with Crippen molar-refractivity contribution >= 4 is 5.91 Å². The summed E-state index contributed by atoms with van der Waals surface area (Å²) in [6.45, 7) is 8.04. The van der Waals surface area contributed by atoms with Crippen molar-refractivity contribution in [3.8, 4) is 0 Å². The lowest BCUT2D eigenvalue weighted by Gasteiger charge is -2.34. The van der Waals surface area contributed by atoms with E-state index in [4.69, 9.17) is 0 Å². The molecule has 1 fully saturated rings. The second kappa shape index (κ2) is 6.97. The summed E-state index contributed by atoms with van der Waals surface area (Å²) in [5, 5.41) is 3.29. The largest absolute Gasteiger partial charge is 0.344 e. The molecular weight excluding hydrogens is 214 g/mol. The fourth-order valence-corrected chi connectivity index (χ4v) is 2.18. The van der Waals surface area contributed by atoms with E-state index in [1.807, 2.05) is 19.0 Å². The van der Waals surface area contributed by atoms with Gasteiger partial charge >= 0.3 is 0 Å². The average molecular weight is 241 g/mol. The minimum Gasteiger partial charge on any atom is -0.344 e. The second-order valence-corrected chi connectivity index (χ2v) is 5.50. The molecule has 100 valence electrons. The first-order valence-corrected chi connectivity index (χ1v) is 6.68. The number of rotatable bonds is 5. The quantitative estimate of drug-likeness (QED) is 0.773. The zero-order valence-corrected chi connectivity index (χ0v) is 11.7. The summed E-state index contributed by atoms with van der Waals surface area (Å²) >= 11 is 0. The SMILES string of the molecule is CC(C)CCCN(C)C(=O)C1CNCCN1C. The molecule has 0 aromatic rings. The topological polar surface area (TPSA) is 35.6 Å². The molecule has 1 atom stereocenters. The normalized spacial score (nSPS) is 21.8. The van der Waals surface area contributed by atoms with E-state index in [9.17, 15) is 4.79 Å². The molecule has 1 amide bonds. The van der Waals surface area contributed by atoms with E-state index >= 15 is 0 Å². The smallest absolute Gasteiger partial charge is 0.240 e. The van der Waals surface area contributed by atoms with Crippen molar-refractivity contribution in [3.63, 3.8) is 0 Å². The highest BCUT2D eigenvalue weighted by Gasteiger charge is 2.27. The Kier molecular flexibility index (Phi) is 5.92. The monoisotopic (exact) mass is 241 g/mol. The van der Waals surface area contributed by atoms with Gasteiger partial charge in [0.25, 0.3) is 0 Å². The molecule has 1 unspecified atom stereocenters. The third kappa shape index (κ3) is 4.64. The van der Waals surface area contributed by atoms with E-state index in [2.05, 4.69) is 24.1 Å². The van der Waals surface area contributed by atoms with Crippen LogP contribution in [0.15, 0.2) is 0 Å². The summed E-state index contributed by atoms with van der Waals surface area (Å²) in [5.74, 6) is 0.973. The lowest BCUT2D eigenvalue weighted by atomic mass is 10.1. The predicted octanol–water partition coefficient (Wildman–Crippen LogP) is 0.785. The highest BCUT2D eigenvalue weighted by atomic mass is 16.2. The van der Waals surface area contributed by atoms with E-state index in [0.717, 1.165) is 38.5 Å². The van der Waals surface area contributed by atoms with Gasteiger partial charge in [0.15, 0.2) is 0 Å². The number of nitrogens with zero attached hydrogens (tertiary/aromatic N) is 2. The first-order valence-electron chi connectivity index (χ1n) is 6.68. The molecule has 1 N–H and O–H groups in total. The highest BCUT2D eigenvalue weighted by Crippen LogP contribution is 2.07. The number of carbonyl (C=O) groups is 1. The Morgan fingerprint density at radius 3 is 2.82 bits per heavy atom. The number of hydrogen-bond acceptors (Lipinski definition) is 3. The van der Waals surface area contributed by atoms with E-state index in [-0.39, 0.29) is 11.9 Å². The van der Waals surface area contributed by atoms with Gasteiger partial charge in [0, 0.05) is 33.2 Å². The summed E-state index contributed by atoms with van der Waals surface area (Å²) in [4.78, 5) is 16.3. The molecule has 0 bridgehead atoms. The zero-order chi connectivity index (χ0) is 12.8. The lowest BCUT2D eigenvalue weighted by molar-refractivity contribution is -0.135. The van der Waals surface area contributed by atoms with Crippen LogP contribution in [0.5, 0.6) is 0 Å². The van der Waals surface area contributed by atoms with Crippen molar-refractivity contribution in [1.82, 2.24) is 15.1 Å². The Labute approximate surface area is 105 Å². The van der Waals surface area contributed by atoms with E-state index < -0.39 is 0 Å². The summed E-state index contributed by atoms with van der Waals surface area (Å²) in [7, 11) is 3.95. The molecule has 0 aromatic carbocycles. The van der Waals surface area contributed by atoms with Crippen LogP contribution in [-0.4, -0.2) is 62.0 Å². The molecule has 4 nitrogen and oxygen atoms in total. The van der Waals surface area contributed by atoms with Gasteiger partial charge in [0.1, 0.15) is 6.04 Å². The van der Waals surface area contributed by atoms with Crippen LogP contribution in [0.4, 0.5) is 0 Å². The standard InChI is InChI=1S/C13H27N3O/c1-11(2)6-5-8-16(4)13(17)12-10-14-7-9-15(12)3/h11-12,14H,5-10H2,1-4H3. The molecule has 1 aliphatic heterocycles. The zero-order valence-electron chi connectivity index (χ0n) is 11.7. The molecule has 0 aliphatic carbocycles. The maximum atomic E-state index is 12.2. The van der Waals surface area contributed by atoms with Crippen LogP contribution in [0.3, 0.4) is 0 Å². The van der Waals surface area contributed by atoms with Gasteiger partial charge < -0.3 is 10.2 Å². The Bertz CT molecular complexity index is 243. The molecule has 1 heterocycles. The molecule has 1 saturated heterocycles. The summed E-state index contributed by atoms with van der Waals surface area (Å²) in [6.07, 6.45) is 2.29. The molecular formula is C13H27N3O. The third-order valence-electron chi connectivity index (χ3n) is 3.45. The van der Waals surface area contributed by atoms with Crippen LogP contribution in [0.2, 0.25) is 0 Å². The van der Waals surface area contributed by atoms with E-state index in [1.54, 1.807) is 0 Å². The third-order valence-corrected chi connectivity index (χ3v) is 3.45. The van der Waals surface area contributed by atoms with Crippen LogP contribution < -0.4 is 5.32 Å². The van der Waals surface area contributed by atoms with Crippen molar-refractivity contribution in [2.24, 2.45) is 5.92 Å². The van der Waals surface area contributed by atoms with Gasteiger partial charge in [-0.3, -0.25) is 9.69 Å². The summed E-state index contributed by atoms with van der Waals surface area (Å²) in [5.41, 5.74) is 0. The number of piperazine rings is 1. The Morgan fingerprint density at radius 2 is 2.24 bits per heavy atom. The highest BCUT2D eigenvalue weighted by molar-refractivity contribution is 5.82. The van der Waals surface area contributed by atoms with Crippen LogP contribution in [0.25, 0.3) is 0 Å². The number of likely N-dealkylation sites (N-methyl/N-ethyl adjacent to an activating group) is 2. The van der Waals surface area contributed by atoms with Gasteiger partial charge in [-0.05, 0) is 25.8 Å². The predicted molar refractivity (Wildman–Crippen MR) is 71.0 cm³/mol. The van der Waals surface area contributed by atoms with Crippen molar-refractivity contribution in [2.45, 2.75) is 32.7 Å². The molecule has 17 heavy (non-hydrogen) atoms. The average Bonchev–Trinajstić information content (AvgIpc) is 2.28. The number of hydrogen-bond donors (Lipinski definition) is 1. The minimum absolute atomic E-state index is 0.0211. The van der Waals surface area contributed by atoms with Gasteiger partial charge in [-0.25, -0.2) is 0 Å². The van der Waals surface area contributed by atoms with Gasteiger partial charge in [0.05, 0.1) is 0 Å². The van der Waals surface area contributed by atoms with Gasteiger partial charge in [-0.15, -0.1) is 0 Å². The van der Waals surface area contributed by atoms with Crippen LogP contribution in [0, 0.1) is 5.92 Å². The van der Waals surface area contributed by atoms with Crippen LogP contribution >= 0.6 is 0 Å². The molecule has 1 aliphatic rings. The number of amides is 1. The van der Waals surface area contributed by atoms with E-state index in [0.29, 0.717) is 0 Å². The minimum atomic E-state index is 0.0211. The van der Waals surface area contributed by atoms with E-state index in [1.165, 1.54) is 6.42 Å². The van der Waals surface area contributed by atoms with Crippen molar-refractivity contribution in [3.05, 3.63) is 0 Å². The Hall–Kier alpha value is -0.610. The maximum Gasteiger partial charge on any atom is 0.240 e. The summed E-state index contributed by atoms with van der Waals surface area (Å²) in [6, 6.07) is 0.0211. The first-order chi connectivity index (χ1) is 8.02. The lowest BCUT2D eigenvalue weighted by Crippen LogP contribution is -2.56. The van der Waals surface area contributed by atoms with Crippen molar-refractivity contribution in [1.29, 1.82) is 0 Å². The Balaban J connectivity index is 2.34. The van der Waals surface area contributed by atoms with Crippen molar-refractivity contribution in [2.75, 3.05) is 40.3 Å². The Morgan fingerprint density at radius 1 is 1.53 bits per heavy atom. The van der Waals surface area contributed by atoms with Crippen molar-refractivity contribution < 1.29 is 4.79 Å². The fourth-order valence-electron chi connectivity index (χ4n) is 2.18. The van der Waals surface area contributed by atoms with Gasteiger partial charge in [-0.1, -0.05) is 13.8 Å². The maximum absolute atomic E-state index is 12.2. The fraction of sp³-hybridized carbons (Fsp3) is 0.923. The molecule has 4 heteroatoms. The number of carbonyl (C=O) groups excluding carboxylic acids is 1. The number of nitrogens with one attached hydrogen (secondary N) is 1. The van der Waals surface area contributed by atoms with Gasteiger partial charge in [0.2, 0.25) is 5.91 Å². The first kappa shape index (κ1) is 14.5. The molecule has 0 saturated carbocycles. The van der Waals surface area contributed by atoms with Gasteiger partial charge in [-0.2, -0.15) is 0 Å². The molecule has 0 aromatic heterocycles.